The van der Waals surface area contributed by atoms with Crippen LogP contribution in [-0.2, 0) is 16.1 Å². The number of hydrogen-bond acceptors (Lipinski definition) is 4. The van der Waals surface area contributed by atoms with Gasteiger partial charge in [0.15, 0.2) is 0 Å². The second kappa shape index (κ2) is 7.81. The lowest BCUT2D eigenvalue weighted by atomic mass is 10.2. The zero-order valence-corrected chi connectivity index (χ0v) is 13.3. The normalized spacial score (nSPS) is 11.0. The monoisotopic (exact) mass is 366 g/mol. The SMILES string of the molecule is O=C(OCc1ccccc1)C(Cl)=NNc1ccc(Br)cc1. The van der Waals surface area contributed by atoms with Gasteiger partial charge in [-0.05, 0) is 29.8 Å². The molecule has 4 nitrogen and oxygen atoms in total. The van der Waals surface area contributed by atoms with E-state index in [9.17, 15) is 4.79 Å². The van der Waals surface area contributed by atoms with Crippen molar-refractivity contribution in [2.45, 2.75) is 6.61 Å². The molecule has 6 heteroatoms. The molecule has 0 unspecified atom stereocenters. The molecule has 0 spiro atoms. The third kappa shape index (κ3) is 5.21. The summed E-state index contributed by atoms with van der Waals surface area (Å²) in [7, 11) is 0. The number of anilines is 1. The minimum absolute atomic E-state index is 0.156. The van der Waals surface area contributed by atoms with Gasteiger partial charge in [-0.1, -0.05) is 57.9 Å². The molecule has 0 saturated heterocycles. The molecule has 0 aromatic heterocycles. The van der Waals surface area contributed by atoms with Gasteiger partial charge in [0.25, 0.3) is 0 Å². The Balaban J connectivity index is 1.86. The van der Waals surface area contributed by atoms with Crippen LogP contribution in [0.1, 0.15) is 5.56 Å². The highest BCUT2D eigenvalue weighted by Gasteiger charge is 2.10. The van der Waals surface area contributed by atoms with Crippen molar-refractivity contribution >= 4 is 44.4 Å². The van der Waals surface area contributed by atoms with Crippen molar-refractivity contribution in [1.29, 1.82) is 0 Å². The van der Waals surface area contributed by atoms with Gasteiger partial charge >= 0.3 is 5.97 Å². The third-order valence-electron chi connectivity index (χ3n) is 2.51. The molecule has 0 aliphatic rings. The summed E-state index contributed by atoms with van der Waals surface area (Å²) in [5.74, 6) is -0.676. The number of rotatable bonds is 5. The van der Waals surface area contributed by atoms with Crippen LogP contribution in [-0.4, -0.2) is 11.1 Å². The molecule has 0 aliphatic carbocycles. The number of hydrogen-bond donors (Lipinski definition) is 1. The van der Waals surface area contributed by atoms with Crippen LogP contribution in [0, 0.1) is 0 Å². The van der Waals surface area contributed by atoms with E-state index in [1.165, 1.54) is 0 Å². The molecule has 2 aromatic carbocycles. The van der Waals surface area contributed by atoms with Crippen LogP contribution in [0.3, 0.4) is 0 Å². The zero-order chi connectivity index (χ0) is 15.1. The number of nitrogens with zero attached hydrogens (tertiary/aromatic N) is 1. The van der Waals surface area contributed by atoms with E-state index in [0.717, 1.165) is 10.0 Å². The molecule has 0 amide bonds. The lowest BCUT2D eigenvalue weighted by Gasteiger charge is -2.04. The van der Waals surface area contributed by atoms with Crippen LogP contribution in [0.4, 0.5) is 5.69 Å². The number of hydrazone groups is 1. The fourth-order valence-corrected chi connectivity index (χ4v) is 1.83. The zero-order valence-electron chi connectivity index (χ0n) is 10.9. The molecular weight excluding hydrogens is 356 g/mol. The quantitative estimate of drug-likeness (QED) is 0.490. The van der Waals surface area contributed by atoms with Crippen molar-refractivity contribution in [2.75, 3.05) is 5.43 Å². The average Bonchev–Trinajstić information content (AvgIpc) is 2.52. The van der Waals surface area contributed by atoms with Crippen molar-refractivity contribution in [1.82, 2.24) is 0 Å². The summed E-state index contributed by atoms with van der Waals surface area (Å²) in [6.07, 6.45) is 0. The van der Waals surface area contributed by atoms with Gasteiger partial charge in [-0.15, -0.1) is 0 Å². The maximum atomic E-state index is 11.7. The standard InChI is InChI=1S/C15H12BrClN2O2/c16-12-6-8-13(9-7-12)18-19-14(17)15(20)21-10-11-4-2-1-3-5-11/h1-9,18H,10H2. The minimum Gasteiger partial charge on any atom is -0.455 e. The van der Waals surface area contributed by atoms with Gasteiger partial charge in [0.05, 0.1) is 5.69 Å². The molecule has 0 atom stereocenters. The van der Waals surface area contributed by atoms with E-state index in [1.54, 1.807) is 12.1 Å². The Morgan fingerprint density at radius 2 is 1.81 bits per heavy atom. The largest absolute Gasteiger partial charge is 0.455 e. The number of halogens is 2. The van der Waals surface area contributed by atoms with E-state index in [4.69, 9.17) is 16.3 Å². The highest BCUT2D eigenvalue weighted by molar-refractivity contribution is 9.10. The Bertz CT molecular complexity index is 630. The molecule has 2 rings (SSSR count). The summed E-state index contributed by atoms with van der Waals surface area (Å²) in [4.78, 5) is 11.7. The van der Waals surface area contributed by atoms with Crippen LogP contribution >= 0.6 is 27.5 Å². The number of ether oxygens (including phenoxy) is 1. The first-order valence-corrected chi connectivity index (χ1v) is 7.28. The van der Waals surface area contributed by atoms with Crippen molar-refractivity contribution in [3.05, 3.63) is 64.6 Å². The molecule has 0 bridgehead atoms. The maximum Gasteiger partial charge on any atom is 0.371 e. The van der Waals surface area contributed by atoms with Crippen LogP contribution in [0.2, 0.25) is 0 Å². The van der Waals surface area contributed by atoms with Gasteiger partial charge in [-0.3, -0.25) is 5.43 Å². The fourth-order valence-electron chi connectivity index (χ4n) is 1.47. The number of esters is 1. The van der Waals surface area contributed by atoms with Gasteiger partial charge in [0, 0.05) is 4.47 Å². The Hall–Kier alpha value is -1.85. The molecule has 0 aliphatic heterocycles. The molecule has 0 fully saturated rings. The minimum atomic E-state index is -0.676. The predicted molar refractivity (Wildman–Crippen MR) is 87.3 cm³/mol. The van der Waals surface area contributed by atoms with Gasteiger partial charge in [-0.25, -0.2) is 4.79 Å². The van der Waals surface area contributed by atoms with Crippen LogP contribution in [0.15, 0.2) is 64.2 Å². The van der Waals surface area contributed by atoms with E-state index < -0.39 is 5.97 Å². The van der Waals surface area contributed by atoms with E-state index in [-0.39, 0.29) is 11.8 Å². The Morgan fingerprint density at radius 3 is 2.48 bits per heavy atom. The highest BCUT2D eigenvalue weighted by Crippen LogP contribution is 2.14. The van der Waals surface area contributed by atoms with E-state index in [0.29, 0.717) is 5.69 Å². The fraction of sp³-hybridized carbons (Fsp3) is 0.0667. The molecule has 0 radical (unpaired) electrons. The summed E-state index contributed by atoms with van der Waals surface area (Å²) in [5.41, 5.74) is 4.29. The van der Waals surface area contributed by atoms with Crippen LogP contribution in [0.5, 0.6) is 0 Å². The topological polar surface area (TPSA) is 50.7 Å². The van der Waals surface area contributed by atoms with Gasteiger partial charge in [0.2, 0.25) is 5.17 Å². The second-order valence-corrected chi connectivity index (χ2v) is 5.36. The predicted octanol–water partition coefficient (Wildman–Crippen LogP) is 4.16. The lowest BCUT2D eigenvalue weighted by Crippen LogP contribution is -2.13. The first-order chi connectivity index (χ1) is 10.1. The molecule has 21 heavy (non-hydrogen) atoms. The smallest absolute Gasteiger partial charge is 0.371 e. The Labute approximate surface area is 135 Å². The van der Waals surface area contributed by atoms with Crippen LogP contribution in [0.25, 0.3) is 0 Å². The summed E-state index contributed by atoms with van der Waals surface area (Å²) in [6, 6.07) is 16.6. The molecule has 2 aromatic rings. The molecular formula is C15H12BrClN2O2. The van der Waals surface area contributed by atoms with Gasteiger partial charge < -0.3 is 4.74 Å². The van der Waals surface area contributed by atoms with Gasteiger partial charge in [0.1, 0.15) is 6.61 Å². The molecule has 1 N–H and O–H groups in total. The summed E-state index contributed by atoms with van der Waals surface area (Å²) in [6.45, 7) is 0.156. The highest BCUT2D eigenvalue weighted by atomic mass is 79.9. The number of carbonyl (C=O) groups excluding carboxylic acids is 1. The van der Waals surface area contributed by atoms with E-state index in [2.05, 4.69) is 26.5 Å². The van der Waals surface area contributed by atoms with E-state index >= 15 is 0 Å². The first-order valence-electron chi connectivity index (χ1n) is 6.11. The Kier molecular flexibility index (Phi) is 5.78. The summed E-state index contributed by atoms with van der Waals surface area (Å²) in [5, 5.41) is 3.52. The Morgan fingerprint density at radius 1 is 1.14 bits per heavy atom. The van der Waals surface area contributed by atoms with Crippen molar-refractivity contribution in [2.24, 2.45) is 5.10 Å². The molecule has 0 saturated carbocycles. The number of benzene rings is 2. The van der Waals surface area contributed by atoms with Crippen molar-refractivity contribution in [3.63, 3.8) is 0 Å². The first kappa shape index (κ1) is 15.5. The third-order valence-corrected chi connectivity index (χ3v) is 3.28. The lowest BCUT2D eigenvalue weighted by molar-refractivity contribution is -0.136. The second-order valence-electron chi connectivity index (χ2n) is 4.08. The van der Waals surface area contributed by atoms with Crippen molar-refractivity contribution in [3.8, 4) is 0 Å². The van der Waals surface area contributed by atoms with Crippen LogP contribution < -0.4 is 5.43 Å². The number of nitrogens with one attached hydrogen (secondary N) is 1. The van der Waals surface area contributed by atoms with Gasteiger partial charge in [-0.2, -0.15) is 5.10 Å². The average molecular weight is 368 g/mol. The number of carbonyl (C=O) groups is 1. The van der Waals surface area contributed by atoms with Crippen molar-refractivity contribution < 1.29 is 9.53 Å². The summed E-state index contributed by atoms with van der Waals surface area (Å²) < 4.78 is 6.00. The maximum absolute atomic E-state index is 11.7. The summed E-state index contributed by atoms with van der Waals surface area (Å²) >= 11 is 9.11. The molecule has 0 heterocycles. The van der Waals surface area contributed by atoms with E-state index in [1.807, 2.05) is 42.5 Å². The molecule has 108 valence electrons.